The predicted octanol–water partition coefficient (Wildman–Crippen LogP) is 3.45. The molecule has 0 saturated heterocycles. The molecule has 1 aromatic heterocycles. The van der Waals surface area contributed by atoms with Crippen molar-refractivity contribution in [3.05, 3.63) is 30.1 Å². The molecule has 0 fully saturated rings. The Labute approximate surface area is 75.8 Å². The minimum Gasteiger partial charge on any atom is -0.265 e. The summed E-state index contributed by atoms with van der Waals surface area (Å²) in [5.74, 6) is 0. The van der Waals surface area contributed by atoms with Crippen LogP contribution in [0.25, 0.3) is 0 Å². The summed E-state index contributed by atoms with van der Waals surface area (Å²) < 4.78 is 0. The van der Waals surface area contributed by atoms with Gasteiger partial charge < -0.3 is 0 Å². The Kier molecular flexibility index (Phi) is 7.66. The molecular weight excluding hydrogens is 146 g/mol. The van der Waals surface area contributed by atoms with Crippen LogP contribution in [0.5, 0.6) is 0 Å². The van der Waals surface area contributed by atoms with Crippen LogP contribution in [0, 0.1) is 0 Å². The fourth-order valence-electron chi connectivity index (χ4n) is 0.618. The van der Waals surface area contributed by atoms with Crippen LogP contribution < -0.4 is 0 Å². The lowest BCUT2D eigenvalue weighted by molar-refractivity contribution is 0.886. The summed E-state index contributed by atoms with van der Waals surface area (Å²) in [6, 6.07) is 4.06. The van der Waals surface area contributed by atoms with Crippen molar-refractivity contribution >= 4 is 0 Å². The maximum atomic E-state index is 3.89. The fourth-order valence-corrected chi connectivity index (χ4v) is 0.618. The van der Waals surface area contributed by atoms with Crippen molar-refractivity contribution in [2.75, 3.05) is 0 Å². The van der Waals surface area contributed by atoms with Gasteiger partial charge in [-0.05, 0) is 24.1 Å². The standard InChI is InChI=1S/C7H9N.C4H10/c1-2-7-3-5-8-6-4-7;1-3-4-2/h3-6H,2H2,1H3;3-4H2,1-2H3. The summed E-state index contributed by atoms with van der Waals surface area (Å²) >= 11 is 0. The summed E-state index contributed by atoms with van der Waals surface area (Å²) in [5.41, 5.74) is 1.35. The largest absolute Gasteiger partial charge is 0.265 e. The molecule has 0 aliphatic rings. The maximum absolute atomic E-state index is 3.89. The van der Waals surface area contributed by atoms with Crippen molar-refractivity contribution in [3.8, 4) is 0 Å². The van der Waals surface area contributed by atoms with Crippen molar-refractivity contribution in [1.29, 1.82) is 0 Å². The molecule has 0 aromatic carbocycles. The molecule has 1 heterocycles. The number of aromatic nitrogens is 1. The van der Waals surface area contributed by atoms with Crippen LogP contribution in [0.2, 0.25) is 0 Å². The SMILES string of the molecule is CCCC.CCc1ccncc1. The molecular formula is C11H19N. The van der Waals surface area contributed by atoms with Crippen LogP contribution in [0.1, 0.15) is 39.2 Å². The molecule has 0 unspecified atom stereocenters. The number of nitrogens with zero attached hydrogens (tertiary/aromatic N) is 1. The van der Waals surface area contributed by atoms with Gasteiger partial charge in [-0.25, -0.2) is 0 Å². The van der Waals surface area contributed by atoms with E-state index in [0.29, 0.717) is 0 Å². The highest BCUT2D eigenvalue weighted by molar-refractivity contribution is 5.08. The quantitative estimate of drug-likeness (QED) is 0.654. The van der Waals surface area contributed by atoms with E-state index in [4.69, 9.17) is 0 Å². The average molecular weight is 165 g/mol. The number of hydrogen-bond donors (Lipinski definition) is 0. The molecule has 12 heavy (non-hydrogen) atoms. The maximum Gasteiger partial charge on any atom is 0.0270 e. The Hall–Kier alpha value is -0.850. The zero-order valence-corrected chi connectivity index (χ0v) is 8.38. The highest BCUT2D eigenvalue weighted by Crippen LogP contribution is 1.94. The van der Waals surface area contributed by atoms with Crippen molar-refractivity contribution < 1.29 is 0 Å². The molecule has 0 aliphatic carbocycles. The summed E-state index contributed by atoms with van der Waals surface area (Å²) in [6.45, 7) is 6.50. The van der Waals surface area contributed by atoms with E-state index in [2.05, 4.69) is 25.8 Å². The van der Waals surface area contributed by atoms with Gasteiger partial charge in [0.2, 0.25) is 0 Å². The highest BCUT2D eigenvalue weighted by Gasteiger charge is 1.80. The first-order chi connectivity index (χ1) is 5.85. The monoisotopic (exact) mass is 165 g/mol. The third-order valence-corrected chi connectivity index (χ3v) is 1.66. The Morgan fingerprint density at radius 1 is 1.00 bits per heavy atom. The molecule has 0 bridgehead atoms. The molecule has 1 rings (SSSR count). The number of hydrogen-bond acceptors (Lipinski definition) is 1. The lowest BCUT2D eigenvalue weighted by Crippen LogP contribution is -1.76. The van der Waals surface area contributed by atoms with Gasteiger partial charge in [0.05, 0.1) is 0 Å². The van der Waals surface area contributed by atoms with Crippen molar-refractivity contribution in [2.45, 2.75) is 40.0 Å². The van der Waals surface area contributed by atoms with E-state index in [1.807, 2.05) is 24.5 Å². The van der Waals surface area contributed by atoms with Gasteiger partial charge >= 0.3 is 0 Å². The van der Waals surface area contributed by atoms with E-state index in [9.17, 15) is 0 Å². The third-order valence-electron chi connectivity index (χ3n) is 1.66. The van der Waals surface area contributed by atoms with Gasteiger partial charge in [0.1, 0.15) is 0 Å². The first-order valence-electron chi connectivity index (χ1n) is 4.74. The second kappa shape index (κ2) is 8.25. The van der Waals surface area contributed by atoms with Crippen molar-refractivity contribution in [3.63, 3.8) is 0 Å². The Morgan fingerprint density at radius 2 is 1.50 bits per heavy atom. The van der Waals surface area contributed by atoms with Crippen molar-refractivity contribution in [1.82, 2.24) is 4.98 Å². The van der Waals surface area contributed by atoms with Gasteiger partial charge in [-0.2, -0.15) is 0 Å². The van der Waals surface area contributed by atoms with Crippen LogP contribution >= 0.6 is 0 Å². The van der Waals surface area contributed by atoms with Crippen LogP contribution in [0.15, 0.2) is 24.5 Å². The second-order valence-corrected chi connectivity index (χ2v) is 2.71. The Morgan fingerprint density at radius 3 is 1.75 bits per heavy atom. The van der Waals surface area contributed by atoms with E-state index in [1.165, 1.54) is 18.4 Å². The minimum absolute atomic E-state index is 1.10. The molecule has 1 aromatic rings. The van der Waals surface area contributed by atoms with Gasteiger partial charge in [0.25, 0.3) is 0 Å². The summed E-state index contributed by atoms with van der Waals surface area (Å²) in [5, 5.41) is 0. The van der Waals surface area contributed by atoms with Crippen LogP contribution in [-0.4, -0.2) is 4.98 Å². The van der Waals surface area contributed by atoms with Crippen LogP contribution in [0.3, 0.4) is 0 Å². The molecule has 0 spiro atoms. The molecule has 1 heteroatoms. The normalized spacial score (nSPS) is 8.58. The molecule has 68 valence electrons. The van der Waals surface area contributed by atoms with Gasteiger partial charge in [0.15, 0.2) is 0 Å². The average Bonchev–Trinajstić information content (AvgIpc) is 2.19. The number of aryl methyl sites for hydroxylation is 1. The van der Waals surface area contributed by atoms with E-state index in [1.54, 1.807) is 0 Å². The molecule has 0 radical (unpaired) electrons. The summed E-state index contributed by atoms with van der Waals surface area (Å²) in [7, 11) is 0. The first-order valence-corrected chi connectivity index (χ1v) is 4.74. The van der Waals surface area contributed by atoms with Gasteiger partial charge in [-0.3, -0.25) is 4.98 Å². The zero-order chi connectivity index (χ0) is 9.23. The lowest BCUT2D eigenvalue weighted by Gasteiger charge is -1.89. The minimum atomic E-state index is 1.10. The molecule has 0 saturated carbocycles. The first kappa shape index (κ1) is 11.2. The highest BCUT2D eigenvalue weighted by atomic mass is 14.6. The molecule has 0 aliphatic heterocycles. The number of unbranched alkanes of at least 4 members (excludes halogenated alkanes) is 1. The second-order valence-electron chi connectivity index (χ2n) is 2.71. The van der Waals surface area contributed by atoms with E-state index in [-0.39, 0.29) is 0 Å². The fraction of sp³-hybridized carbons (Fsp3) is 0.545. The number of rotatable bonds is 2. The number of pyridine rings is 1. The third kappa shape index (κ3) is 5.90. The Bertz CT molecular complexity index is 168. The lowest BCUT2D eigenvalue weighted by atomic mass is 10.2. The van der Waals surface area contributed by atoms with Crippen molar-refractivity contribution in [2.24, 2.45) is 0 Å². The predicted molar refractivity (Wildman–Crippen MR) is 54.2 cm³/mol. The topological polar surface area (TPSA) is 12.9 Å². The summed E-state index contributed by atoms with van der Waals surface area (Å²) in [6.07, 6.45) is 7.38. The van der Waals surface area contributed by atoms with E-state index < -0.39 is 0 Å². The van der Waals surface area contributed by atoms with E-state index in [0.717, 1.165) is 6.42 Å². The van der Waals surface area contributed by atoms with Gasteiger partial charge in [-0.1, -0.05) is 33.6 Å². The zero-order valence-electron chi connectivity index (χ0n) is 8.38. The molecule has 0 amide bonds. The molecule has 1 nitrogen and oxygen atoms in total. The van der Waals surface area contributed by atoms with Gasteiger partial charge in [-0.15, -0.1) is 0 Å². The van der Waals surface area contributed by atoms with E-state index >= 15 is 0 Å². The molecule has 0 atom stereocenters. The smallest absolute Gasteiger partial charge is 0.0270 e. The Balaban J connectivity index is 0.000000261. The van der Waals surface area contributed by atoms with Crippen LogP contribution in [-0.2, 0) is 6.42 Å². The summed E-state index contributed by atoms with van der Waals surface area (Å²) in [4.78, 5) is 3.89. The van der Waals surface area contributed by atoms with Gasteiger partial charge in [0, 0.05) is 12.4 Å². The van der Waals surface area contributed by atoms with Crippen LogP contribution in [0.4, 0.5) is 0 Å². The molecule has 0 N–H and O–H groups in total.